The second-order valence-corrected chi connectivity index (χ2v) is 7.18. The highest BCUT2D eigenvalue weighted by Crippen LogP contribution is 2.36. The van der Waals surface area contributed by atoms with Gasteiger partial charge in [0.2, 0.25) is 5.91 Å². The highest BCUT2D eigenvalue weighted by molar-refractivity contribution is 9.10. The monoisotopic (exact) mass is 473 g/mol. The second kappa shape index (κ2) is 7.97. The zero-order chi connectivity index (χ0) is 21.3. The Labute approximate surface area is 171 Å². The number of amides is 1. The zero-order valence-electron chi connectivity index (χ0n) is 15.3. The number of rotatable bonds is 5. The van der Waals surface area contributed by atoms with E-state index >= 15 is 0 Å². The molecule has 29 heavy (non-hydrogen) atoms. The van der Waals surface area contributed by atoms with Gasteiger partial charge in [-0.3, -0.25) is 14.2 Å². The zero-order valence-corrected chi connectivity index (χ0v) is 16.9. The summed E-state index contributed by atoms with van der Waals surface area (Å²) in [6.45, 7) is 3.17. The van der Waals surface area contributed by atoms with Crippen molar-refractivity contribution < 1.29 is 22.4 Å². The molecule has 0 saturated carbocycles. The van der Waals surface area contributed by atoms with E-state index in [4.69, 9.17) is 0 Å². The molecule has 0 bridgehead atoms. The van der Waals surface area contributed by atoms with Crippen molar-refractivity contribution in [1.29, 1.82) is 0 Å². The molecular weight excluding hydrogens is 458 g/mol. The molecule has 6 nitrogen and oxygen atoms in total. The third-order valence-electron chi connectivity index (χ3n) is 4.22. The van der Waals surface area contributed by atoms with E-state index in [1.807, 2.05) is 0 Å². The first kappa shape index (κ1) is 21.0. The van der Waals surface area contributed by atoms with Crippen molar-refractivity contribution >= 4 is 27.7 Å². The lowest BCUT2D eigenvalue weighted by molar-refractivity contribution is -0.142. The molecule has 0 aliphatic carbocycles. The van der Waals surface area contributed by atoms with Gasteiger partial charge in [0.1, 0.15) is 11.9 Å². The fourth-order valence-electron chi connectivity index (χ4n) is 2.74. The minimum absolute atomic E-state index is 0.177. The molecule has 1 atom stereocenters. The molecule has 154 valence electrons. The Balaban J connectivity index is 1.72. The van der Waals surface area contributed by atoms with E-state index in [9.17, 15) is 22.4 Å². The molecule has 0 radical (unpaired) electrons. The van der Waals surface area contributed by atoms with Gasteiger partial charge in [-0.05, 0) is 47.5 Å². The minimum Gasteiger partial charge on any atom is -0.307 e. The van der Waals surface area contributed by atoms with Crippen molar-refractivity contribution in [2.24, 2.45) is 0 Å². The van der Waals surface area contributed by atoms with E-state index in [1.165, 1.54) is 36.7 Å². The summed E-state index contributed by atoms with van der Waals surface area (Å²) in [5.74, 6) is -0.720. The van der Waals surface area contributed by atoms with Crippen LogP contribution >= 0.6 is 15.9 Å². The highest BCUT2D eigenvalue weighted by Gasteiger charge is 2.39. The van der Waals surface area contributed by atoms with Crippen molar-refractivity contribution in [3.05, 3.63) is 63.8 Å². The van der Waals surface area contributed by atoms with E-state index in [1.54, 1.807) is 18.3 Å². The summed E-state index contributed by atoms with van der Waals surface area (Å²) in [4.78, 5) is 12.5. The average molecular weight is 474 g/mol. The highest BCUT2D eigenvalue weighted by atomic mass is 79.9. The van der Waals surface area contributed by atoms with E-state index in [2.05, 4.69) is 31.4 Å². The predicted octanol–water partition coefficient (Wildman–Crippen LogP) is 4.56. The summed E-state index contributed by atoms with van der Waals surface area (Å²) in [5, 5.41) is 10.3. The normalized spacial score (nSPS) is 12.8. The maximum atomic E-state index is 13.3. The Hall–Kier alpha value is -2.69. The SMILES string of the molecule is Cc1c(Br)c(C(F)(F)F)nn1C(C)C(=O)Nc1ccn(Cc2cccc(F)c2)n1. The quantitative estimate of drug-likeness (QED) is 0.552. The summed E-state index contributed by atoms with van der Waals surface area (Å²) in [7, 11) is 0. The molecule has 0 aliphatic heterocycles. The second-order valence-electron chi connectivity index (χ2n) is 6.38. The first-order chi connectivity index (χ1) is 13.6. The average Bonchev–Trinajstić information content (AvgIpc) is 3.19. The smallest absolute Gasteiger partial charge is 0.307 e. The summed E-state index contributed by atoms with van der Waals surface area (Å²) in [6.07, 6.45) is -3.04. The van der Waals surface area contributed by atoms with E-state index in [0.717, 1.165) is 4.68 Å². The van der Waals surface area contributed by atoms with Crippen LogP contribution in [0.4, 0.5) is 23.4 Å². The van der Waals surface area contributed by atoms with Gasteiger partial charge in [0.15, 0.2) is 11.5 Å². The molecule has 1 aromatic carbocycles. The standard InChI is InChI=1S/C18H16BrF4N5O/c1-10-15(19)16(18(21,22)23)26-28(10)11(2)17(29)24-14-6-7-27(25-14)9-12-4-3-5-13(20)8-12/h3-8,11H,9H2,1-2H3,(H,24,25,29). The van der Waals surface area contributed by atoms with Crippen LogP contribution in [0.1, 0.15) is 29.9 Å². The number of hydrogen-bond acceptors (Lipinski definition) is 3. The van der Waals surface area contributed by atoms with Crippen LogP contribution in [0.15, 0.2) is 41.0 Å². The Morgan fingerprint density at radius 3 is 2.62 bits per heavy atom. The molecule has 11 heteroatoms. The Morgan fingerprint density at radius 2 is 2.00 bits per heavy atom. The molecular formula is C18H16BrF4N5O. The van der Waals surface area contributed by atoms with Crippen LogP contribution < -0.4 is 5.32 Å². The fraction of sp³-hybridized carbons (Fsp3) is 0.278. The maximum Gasteiger partial charge on any atom is 0.436 e. The number of benzene rings is 1. The fourth-order valence-corrected chi connectivity index (χ4v) is 3.22. The lowest BCUT2D eigenvalue weighted by Gasteiger charge is -2.13. The van der Waals surface area contributed by atoms with Gasteiger partial charge in [0, 0.05) is 12.3 Å². The topological polar surface area (TPSA) is 64.7 Å². The molecule has 0 saturated heterocycles. The number of halogens is 5. The van der Waals surface area contributed by atoms with Crippen molar-refractivity contribution in [1.82, 2.24) is 19.6 Å². The summed E-state index contributed by atoms with van der Waals surface area (Å²) in [6, 6.07) is 6.56. The number of aromatic nitrogens is 4. The molecule has 2 aromatic heterocycles. The molecule has 0 fully saturated rings. The molecule has 1 N–H and O–H groups in total. The third-order valence-corrected chi connectivity index (χ3v) is 5.17. The number of anilines is 1. The van der Waals surface area contributed by atoms with Crippen LogP contribution in [0.5, 0.6) is 0 Å². The molecule has 1 amide bonds. The summed E-state index contributed by atoms with van der Waals surface area (Å²) >= 11 is 2.88. The van der Waals surface area contributed by atoms with Crippen molar-refractivity contribution in [3.63, 3.8) is 0 Å². The van der Waals surface area contributed by atoms with Crippen molar-refractivity contribution in [2.45, 2.75) is 32.6 Å². The van der Waals surface area contributed by atoms with Crippen molar-refractivity contribution in [2.75, 3.05) is 5.32 Å². The summed E-state index contributed by atoms with van der Waals surface area (Å²) in [5.41, 5.74) is -0.221. The number of alkyl halides is 3. The van der Waals surface area contributed by atoms with Gasteiger partial charge in [-0.15, -0.1) is 0 Å². The molecule has 2 heterocycles. The number of nitrogens with zero attached hydrogens (tertiary/aromatic N) is 4. The van der Waals surface area contributed by atoms with E-state index < -0.39 is 23.8 Å². The Bertz CT molecular complexity index is 1040. The van der Waals surface area contributed by atoms with E-state index in [-0.39, 0.29) is 21.8 Å². The van der Waals surface area contributed by atoms with Gasteiger partial charge in [-0.25, -0.2) is 4.39 Å². The number of carbonyl (C=O) groups excluding carboxylic acids is 1. The number of hydrogen-bond donors (Lipinski definition) is 1. The van der Waals surface area contributed by atoms with E-state index in [0.29, 0.717) is 12.1 Å². The van der Waals surface area contributed by atoms with Gasteiger partial charge < -0.3 is 5.32 Å². The van der Waals surface area contributed by atoms with Gasteiger partial charge in [-0.1, -0.05) is 12.1 Å². The molecule has 3 rings (SSSR count). The van der Waals surface area contributed by atoms with Crippen LogP contribution in [0, 0.1) is 12.7 Å². The van der Waals surface area contributed by atoms with Crippen LogP contribution in [0.2, 0.25) is 0 Å². The number of nitrogens with one attached hydrogen (secondary N) is 1. The number of carbonyl (C=O) groups is 1. The molecule has 0 spiro atoms. The lowest BCUT2D eigenvalue weighted by Crippen LogP contribution is -2.26. The van der Waals surface area contributed by atoms with Gasteiger partial charge in [0.25, 0.3) is 0 Å². The third kappa shape index (κ3) is 4.66. The van der Waals surface area contributed by atoms with Crippen molar-refractivity contribution in [3.8, 4) is 0 Å². The molecule has 1 unspecified atom stereocenters. The van der Waals surface area contributed by atoms with Crippen LogP contribution in [-0.4, -0.2) is 25.5 Å². The van der Waals surface area contributed by atoms with Gasteiger partial charge >= 0.3 is 6.18 Å². The van der Waals surface area contributed by atoms with Crippen LogP contribution in [-0.2, 0) is 17.5 Å². The Kier molecular flexibility index (Phi) is 5.78. The molecule has 3 aromatic rings. The lowest BCUT2D eigenvalue weighted by atomic mass is 10.2. The van der Waals surface area contributed by atoms with Crippen LogP contribution in [0.3, 0.4) is 0 Å². The minimum atomic E-state index is -4.64. The van der Waals surface area contributed by atoms with Gasteiger partial charge in [-0.2, -0.15) is 23.4 Å². The predicted molar refractivity (Wildman–Crippen MR) is 101 cm³/mol. The van der Waals surface area contributed by atoms with Crippen LogP contribution in [0.25, 0.3) is 0 Å². The Morgan fingerprint density at radius 1 is 1.28 bits per heavy atom. The summed E-state index contributed by atoms with van der Waals surface area (Å²) < 4.78 is 54.6. The molecule has 0 aliphatic rings. The largest absolute Gasteiger partial charge is 0.436 e. The first-order valence-electron chi connectivity index (χ1n) is 8.47. The van der Waals surface area contributed by atoms with Gasteiger partial charge in [0.05, 0.1) is 16.7 Å². The maximum absolute atomic E-state index is 13.3. The first-order valence-corrected chi connectivity index (χ1v) is 9.26.